The monoisotopic (exact) mass is 565 g/mol. The highest BCUT2D eigenvalue weighted by Gasteiger charge is 2.40. The van der Waals surface area contributed by atoms with Gasteiger partial charge in [-0.25, -0.2) is 4.79 Å². The molecule has 4 atom stereocenters. The van der Waals surface area contributed by atoms with E-state index >= 15 is 0 Å². The molecule has 1 saturated carbocycles. The Hall–Kier alpha value is -3.46. The third kappa shape index (κ3) is 7.44. The zero-order valence-electron chi connectivity index (χ0n) is 24.3. The number of methoxy groups -OCH3 is 1. The number of carbonyl (C=O) groups is 4. The first-order chi connectivity index (χ1) is 19.7. The lowest BCUT2D eigenvalue weighted by molar-refractivity contribution is -0.153. The lowest BCUT2D eigenvalue weighted by Crippen LogP contribution is -2.57. The molecule has 4 rings (SSSR count). The van der Waals surface area contributed by atoms with Crippen molar-refractivity contribution in [3.05, 3.63) is 48.0 Å². The maximum atomic E-state index is 14.0. The number of carbonyl (C=O) groups excluding carboxylic acids is 4. The van der Waals surface area contributed by atoms with Gasteiger partial charge in [0.2, 0.25) is 11.8 Å². The second kappa shape index (κ2) is 13.9. The lowest BCUT2D eigenvalue weighted by Gasteiger charge is -2.33. The molecule has 1 saturated heterocycles. The molecule has 0 spiro atoms. The van der Waals surface area contributed by atoms with E-state index in [9.17, 15) is 24.3 Å². The number of likely N-dealkylation sites (tertiary alicyclic amines) is 1. The van der Waals surface area contributed by atoms with Crippen LogP contribution in [0.15, 0.2) is 42.5 Å². The summed E-state index contributed by atoms with van der Waals surface area (Å²) in [6, 6.07) is 10.9. The maximum Gasteiger partial charge on any atom is 0.336 e. The molecule has 2 fully saturated rings. The molecule has 2 aromatic carbocycles. The minimum Gasteiger partial charge on any atom is -0.467 e. The van der Waals surface area contributed by atoms with Gasteiger partial charge in [-0.1, -0.05) is 76.3 Å². The molecule has 0 radical (unpaired) electrons. The van der Waals surface area contributed by atoms with Crippen LogP contribution in [0.1, 0.15) is 75.6 Å². The number of rotatable bonds is 10. The first kappa shape index (κ1) is 30.5. The van der Waals surface area contributed by atoms with Crippen molar-refractivity contribution in [1.29, 1.82) is 0 Å². The summed E-state index contributed by atoms with van der Waals surface area (Å²) in [5.41, 5.74) is 0.484. The number of ether oxygens (including phenoxy) is 1. The van der Waals surface area contributed by atoms with Crippen LogP contribution in [0.4, 0.5) is 0 Å². The molecular weight excluding hydrogens is 522 g/mol. The normalized spacial score (nSPS) is 19.9. The number of aliphatic hydroxyl groups is 1. The highest BCUT2D eigenvalue weighted by Crippen LogP contribution is 2.29. The second-order valence-corrected chi connectivity index (χ2v) is 11.8. The molecule has 9 heteroatoms. The molecule has 9 nitrogen and oxygen atoms in total. The fourth-order valence-corrected chi connectivity index (χ4v) is 6.19. The first-order valence-electron chi connectivity index (χ1n) is 14.9. The number of benzene rings is 2. The molecule has 0 aromatic heterocycles. The quantitative estimate of drug-likeness (QED) is 0.378. The molecule has 0 bridgehead atoms. The van der Waals surface area contributed by atoms with Crippen molar-refractivity contribution in [1.82, 2.24) is 15.5 Å². The highest BCUT2D eigenvalue weighted by atomic mass is 16.5. The fourth-order valence-electron chi connectivity index (χ4n) is 6.19. The van der Waals surface area contributed by atoms with E-state index in [-0.39, 0.29) is 17.7 Å². The van der Waals surface area contributed by atoms with Gasteiger partial charge in [-0.2, -0.15) is 0 Å². The molecule has 1 heterocycles. The Morgan fingerprint density at radius 3 is 2.34 bits per heavy atom. The summed E-state index contributed by atoms with van der Waals surface area (Å²) in [4.78, 5) is 54.4. The standard InChI is InChI=1S/C32H43N3O6/c1-20(2)27(28(36)32(40)41-3)34-30(38)26-14-9-17-35(26)31(39)25(18-21-10-5-4-6-11-21)33-29(37)24-16-15-22-12-7-8-13-23(22)19-24/h7-8,12-13,15-16,19-21,25-28,36H,4-6,9-11,14,17-18H2,1-3H3,(H,33,37)(H,34,38). The van der Waals surface area contributed by atoms with Crippen LogP contribution in [0.5, 0.6) is 0 Å². The van der Waals surface area contributed by atoms with Gasteiger partial charge in [0.25, 0.3) is 5.91 Å². The third-order valence-electron chi connectivity index (χ3n) is 8.56. The van der Waals surface area contributed by atoms with Crippen LogP contribution in [0.2, 0.25) is 0 Å². The molecular formula is C32H43N3O6. The summed E-state index contributed by atoms with van der Waals surface area (Å²) in [6.45, 7) is 3.98. The zero-order valence-corrected chi connectivity index (χ0v) is 24.3. The summed E-state index contributed by atoms with van der Waals surface area (Å²) in [5, 5.41) is 18.2. The Labute approximate surface area is 242 Å². The van der Waals surface area contributed by atoms with Gasteiger partial charge >= 0.3 is 5.97 Å². The Morgan fingerprint density at radius 1 is 0.951 bits per heavy atom. The van der Waals surface area contributed by atoms with Crippen molar-refractivity contribution in [2.45, 2.75) is 89.4 Å². The number of nitrogens with one attached hydrogen (secondary N) is 2. The van der Waals surface area contributed by atoms with E-state index in [1.807, 2.05) is 36.4 Å². The van der Waals surface area contributed by atoms with Gasteiger partial charge in [-0.05, 0) is 54.0 Å². The Bertz CT molecular complexity index is 1240. The molecule has 1 aliphatic carbocycles. The van der Waals surface area contributed by atoms with Crippen LogP contribution in [-0.4, -0.2) is 71.6 Å². The largest absolute Gasteiger partial charge is 0.467 e. The molecule has 41 heavy (non-hydrogen) atoms. The molecule has 3 amide bonds. The van der Waals surface area contributed by atoms with Crippen LogP contribution in [0, 0.1) is 11.8 Å². The van der Waals surface area contributed by atoms with Crippen molar-refractivity contribution in [3.63, 3.8) is 0 Å². The minimum atomic E-state index is -1.52. The van der Waals surface area contributed by atoms with Gasteiger partial charge < -0.3 is 25.4 Å². The van der Waals surface area contributed by atoms with Gasteiger partial charge in [0, 0.05) is 12.1 Å². The van der Waals surface area contributed by atoms with Gasteiger partial charge in [-0.3, -0.25) is 14.4 Å². The van der Waals surface area contributed by atoms with Crippen LogP contribution < -0.4 is 10.6 Å². The van der Waals surface area contributed by atoms with E-state index in [0.29, 0.717) is 37.3 Å². The number of amides is 3. The summed E-state index contributed by atoms with van der Waals surface area (Å²) in [6.07, 6.45) is 5.54. The molecule has 2 aromatic rings. The van der Waals surface area contributed by atoms with E-state index in [1.54, 1.807) is 24.8 Å². The average molecular weight is 566 g/mol. The second-order valence-electron chi connectivity index (χ2n) is 11.8. The maximum absolute atomic E-state index is 14.0. The Morgan fingerprint density at radius 2 is 1.66 bits per heavy atom. The lowest BCUT2D eigenvalue weighted by atomic mass is 9.84. The van der Waals surface area contributed by atoms with Gasteiger partial charge in [0.05, 0.1) is 13.2 Å². The van der Waals surface area contributed by atoms with Crippen LogP contribution in [0.3, 0.4) is 0 Å². The van der Waals surface area contributed by atoms with Crippen molar-refractivity contribution < 1.29 is 29.0 Å². The highest BCUT2D eigenvalue weighted by molar-refractivity contribution is 6.01. The number of fused-ring (bicyclic) bond motifs is 1. The van der Waals surface area contributed by atoms with Crippen LogP contribution in [0.25, 0.3) is 10.8 Å². The zero-order chi connectivity index (χ0) is 29.5. The summed E-state index contributed by atoms with van der Waals surface area (Å²) < 4.78 is 4.67. The van der Waals surface area contributed by atoms with E-state index < -0.39 is 36.1 Å². The molecule has 222 valence electrons. The fraction of sp³-hybridized carbons (Fsp3) is 0.562. The predicted octanol–water partition coefficient (Wildman–Crippen LogP) is 3.57. The topological polar surface area (TPSA) is 125 Å². The minimum absolute atomic E-state index is 0.251. The molecule has 1 aliphatic heterocycles. The van der Waals surface area contributed by atoms with E-state index in [0.717, 1.165) is 36.5 Å². The number of esters is 1. The first-order valence-corrected chi connectivity index (χ1v) is 14.9. The third-order valence-corrected chi connectivity index (χ3v) is 8.56. The smallest absolute Gasteiger partial charge is 0.336 e. The summed E-state index contributed by atoms with van der Waals surface area (Å²) in [7, 11) is 1.18. The SMILES string of the molecule is COC(=O)C(O)C(NC(=O)C1CCCN1C(=O)C(CC1CCCCC1)NC(=O)c1ccc2ccccc2c1)C(C)C. The van der Waals surface area contributed by atoms with E-state index in [1.165, 1.54) is 13.5 Å². The van der Waals surface area contributed by atoms with Gasteiger partial charge in [0.1, 0.15) is 12.1 Å². The molecule has 2 aliphatic rings. The number of nitrogens with zero attached hydrogens (tertiary/aromatic N) is 1. The summed E-state index contributed by atoms with van der Waals surface area (Å²) >= 11 is 0. The van der Waals surface area contributed by atoms with Gasteiger partial charge in [-0.15, -0.1) is 0 Å². The van der Waals surface area contributed by atoms with Gasteiger partial charge in [0.15, 0.2) is 6.10 Å². The van der Waals surface area contributed by atoms with Crippen molar-refractivity contribution in [3.8, 4) is 0 Å². The Balaban J connectivity index is 1.52. The van der Waals surface area contributed by atoms with E-state index in [4.69, 9.17) is 0 Å². The predicted molar refractivity (Wildman–Crippen MR) is 156 cm³/mol. The molecule has 3 N–H and O–H groups in total. The van der Waals surface area contributed by atoms with Crippen molar-refractivity contribution in [2.24, 2.45) is 11.8 Å². The summed E-state index contributed by atoms with van der Waals surface area (Å²) in [5.74, 6) is -1.76. The van der Waals surface area contributed by atoms with Crippen LogP contribution >= 0.6 is 0 Å². The number of hydrogen-bond acceptors (Lipinski definition) is 6. The van der Waals surface area contributed by atoms with Crippen molar-refractivity contribution >= 4 is 34.5 Å². The molecule has 4 unspecified atom stereocenters. The number of aliphatic hydroxyl groups excluding tert-OH is 1. The Kier molecular flexibility index (Phi) is 10.4. The van der Waals surface area contributed by atoms with Crippen LogP contribution in [-0.2, 0) is 19.1 Å². The number of hydrogen-bond donors (Lipinski definition) is 3. The van der Waals surface area contributed by atoms with E-state index in [2.05, 4.69) is 15.4 Å². The average Bonchev–Trinajstić information content (AvgIpc) is 3.48. The van der Waals surface area contributed by atoms with Crippen molar-refractivity contribution in [2.75, 3.05) is 13.7 Å².